The molecule has 0 saturated carbocycles. The van der Waals surface area contributed by atoms with Crippen molar-refractivity contribution in [3.05, 3.63) is 35.8 Å². The summed E-state index contributed by atoms with van der Waals surface area (Å²) in [6.45, 7) is 3.97. The Hall–Kier alpha value is -1.97. The van der Waals surface area contributed by atoms with Crippen LogP contribution in [0.15, 0.2) is 24.5 Å². The zero-order valence-corrected chi connectivity index (χ0v) is 9.65. The Bertz CT molecular complexity index is 508. The highest BCUT2D eigenvalue weighted by molar-refractivity contribution is 5.60. The van der Waals surface area contributed by atoms with E-state index in [2.05, 4.69) is 26.3 Å². The molecule has 4 nitrogen and oxygen atoms in total. The van der Waals surface area contributed by atoms with Crippen molar-refractivity contribution in [3.8, 4) is 11.3 Å². The summed E-state index contributed by atoms with van der Waals surface area (Å²) >= 11 is 0. The topological polar surface area (TPSA) is 50.7 Å². The van der Waals surface area contributed by atoms with E-state index >= 15 is 0 Å². The molecule has 0 aliphatic heterocycles. The second kappa shape index (κ2) is 4.26. The number of nitrogens with one attached hydrogen (secondary N) is 1. The zero-order valence-electron chi connectivity index (χ0n) is 9.65. The monoisotopic (exact) mass is 214 g/mol. The molecule has 16 heavy (non-hydrogen) atoms. The van der Waals surface area contributed by atoms with Crippen LogP contribution in [-0.4, -0.2) is 22.0 Å². The molecule has 0 aromatic carbocycles. The average Bonchev–Trinajstić information content (AvgIpc) is 2.28. The Balaban J connectivity index is 2.51. The molecule has 0 bridgehead atoms. The lowest BCUT2D eigenvalue weighted by Crippen LogP contribution is -1.99. The summed E-state index contributed by atoms with van der Waals surface area (Å²) in [6, 6.07) is 4.02. The SMILES string of the molecule is CNc1nc(C)cc(-c2cncc(C)c2)n1. The highest BCUT2D eigenvalue weighted by Crippen LogP contribution is 2.18. The molecule has 0 fully saturated rings. The second-order valence-corrected chi connectivity index (χ2v) is 3.72. The number of rotatable bonds is 2. The van der Waals surface area contributed by atoms with Crippen LogP contribution in [-0.2, 0) is 0 Å². The highest BCUT2D eigenvalue weighted by atomic mass is 15.1. The second-order valence-electron chi connectivity index (χ2n) is 3.72. The standard InChI is InChI=1S/C12H14N4/c1-8-4-10(7-14-6-8)11-5-9(2)15-12(13-3)16-11/h4-7H,1-3H3,(H,13,15,16). The molecule has 0 aliphatic carbocycles. The largest absolute Gasteiger partial charge is 0.357 e. The quantitative estimate of drug-likeness (QED) is 0.832. The Labute approximate surface area is 94.8 Å². The number of aromatic nitrogens is 3. The third-order valence-corrected chi connectivity index (χ3v) is 2.25. The van der Waals surface area contributed by atoms with E-state index in [1.807, 2.05) is 39.4 Å². The van der Waals surface area contributed by atoms with Crippen molar-refractivity contribution >= 4 is 5.95 Å². The Kier molecular flexibility index (Phi) is 2.81. The van der Waals surface area contributed by atoms with Gasteiger partial charge in [0.15, 0.2) is 0 Å². The molecule has 82 valence electrons. The molecule has 2 aromatic heterocycles. The van der Waals surface area contributed by atoms with Gasteiger partial charge >= 0.3 is 0 Å². The molecule has 0 radical (unpaired) electrons. The summed E-state index contributed by atoms with van der Waals surface area (Å²) in [4.78, 5) is 12.8. The summed E-state index contributed by atoms with van der Waals surface area (Å²) < 4.78 is 0. The fraction of sp³-hybridized carbons (Fsp3) is 0.250. The van der Waals surface area contributed by atoms with E-state index in [4.69, 9.17) is 0 Å². The van der Waals surface area contributed by atoms with Gasteiger partial charge in [-0.1, -0.05) is 0 Å². The normalized spacial score (nSPS) is 10.2. The number of anilines is 1. The van der Waals surface area contributed by atoms with Crippen molar-refractivity contribution in [2.45, 2.75) is 13.8 Å². The van der Waals surface area contributed by atoms with Crippen molar-refractivity contribution in [3.63, 3.8) is 0 Å². The summed E-state index contributed by atoms with van der Waals surface area (Å²) in [5, 5.41) is 2.95. The molecule has 0 amide bonds. The minimum atomic E-state index is 0.636. The Morgan fingerprint density at radius 1 is 1.06 bits per heavy atom. The summed E-state index contributed by atoms with van der Waals surface area (Å²) in [7, 11) is 1.81. The van der Waals surface area contributed by atoms with Gasteiger partial charge in [0.2, 0.25) is 5.95 Å². The van der Waals surface area contributed by atoms with Gasteiger partial charge in [0.1, 0.15) is 0 Å². The van der Waals surface area contributed by atoms with Gasteiger partial charge in [0.05, 0.1) is 5.69 Å². The molecule has 2 aromatic rings. The number of aryl methyl sites for hydroxylation is 2. The maximum atomic E-state index is 4.40. The van der Waals surface area contributed by atoms with Crippen LogP contribution in [0, 0.1) is 13.8 Å². The molecular weight excluding hydrogens is 200 g/mol. The molecule has 0 saturated heterocycles. The van der Waals surface area contributed by atoms with Crippen LogP contribution >= 0.6 is 0 Å². The average molecular weight is 214 g/mol. The highest BCUT2D eigenvalue weighted by Gasteiger charge is 2.04. The fourth-order valence-corrected chi connectivity index (χ4v) is 1.52. The molecule has 0 unspecified atom stereocenters. The maximum absolute atomic E-state index is 4.40. The molecule has 1 N–H and O–H groups in total. The van der Waals surface area contributed by atoms with Crippen molar-refractivity contribution in [2.24, 2.45) is 0 Å². The first-order valence-corrected chi connectivity index (χ1v) is 5.14. The van der Waals surface area contributed by atoms with Gasteiger partial charge < -0.3 is 5.32 Å². The van der Waals surface area contributed by atoms with Crippen molar-refractivity contribution in [1.82, 2.24) is 15.0 Å². The van der Waals surface area contributed by atoms with Gasteiger partial charge in [0, 0.05) is 30.7 Å². The van der Waals surface area contributed by atoms with Crippen LogP contribution in [0.5, 0.6) is 0 Å². The van der Waals surface area contributed by atoms with Crippen LogP contribution in [0.25, 0.3) is 11.3 Å². The van der Waals surface area contributed by atoms with E-state index in [0.717, 1.165) is 22.5 Å². The van der Waals surface area contributed by atoms with Crippen molar-refractivity contribution in [1.29, 1.82) is 0 Å². The van der Waals surface area contributed by atoms with Crippen LogP contribution in [0.1, 0.15) is 11.3 Å². The van der Waals surface area contributed by atoms with Crippen LogP contribution in [0.2, 0.25) is 0 Å². The number of pyridine rings is 1. The molecule has 0 aliphatic rings. The molecule has 2 heterocycles. The van der Waals surface area contributed by atoms with Gasteiger partial charge in [-0.25, -0.2) is 9.97 Å². The van der Waals surface area contributed by atoms with Gasteiger partial charge in [-0.05, 0) is 31.5 Å². The summed E-state index contributed by atoms with van der Waals surface area (Å²) in [5.74, 6) is 0.636. The van der Waals surface area contributed by atoms with Gasteiger partial charge in [-0.2, -0.15) is 0 Å². The predicted octanol–water partition coefficient (Wildman–Crippen LogP) is 2.20. The molecular formula is C12H14N4. The Morgan fingerprint density at radius 2 is 1.88 bits per heavy atom. The van der Waals surface area contributed by atoms with Crippen LogP contribution < -0.4 is 5.32 Å². The number of hydrogen-bond acceptors (Lipinski definition) is 4. The molecule has 2 rings (SSSR count). The number of nitrogens with zero attached hydrogens (tertiary/aromatic N) is 3. The smallest absolute Gasteiger partial charge is 0.223 e. The van der Waals surface area contributed by atoms with E-state index in [-0.39, 0.29) is 0 Å². The minimum Gasteiger partial charge on any atom is -0.357 e. The first-order valence-electron chi connectivity index (χ1n) is 5.14. The maximum Gasteiger partial charge on any atom is 0.223 e. The van der Waals surface area contributed by atoms with Crippen LogP contribution in [0.4, 0.5) is 5.95 Å². The van der Waals surface area contributed by atoms with E-state index in [0.29, 0.717) is 5.95 Å². The number of hydrogen-bond donors (Lipinski definition) is 1. The van der Waals surface area contributed by atoms with E-state index in [1.54, 1.807) is 0 Å². The first-order chi connectivity index (χ1) is 7.69. The van der Waals surface area contributed by atoms with Crippen molar-refractivity contribution < 1.29 is 0 Å². The lowest BCUT2D eigenvalue weighted by atomic mass is 10.1. The third kappa shape index (κ3) is 2.16. The zero-order chi connectivity index (χ0) is 11.5. The van der Waals surface area contributed by atoms with Gasteiger partial charge in [0.25, 0.3) is 0 Å². The minimum absolute atomic E-state index is 0.636. The summed E-state index contributed by atoms with van der Waals surface area (Å²) in [6.07, 6.45) is 3.64. The molecule has 0 spiro atoms. The third-order valence-electron chi connectivity index (χ3n) is 2.25. The summed E-state index contributed by atoms with van der Waals surface area (Å²) in [5.41, 5.74) is 3.98. The van der Waals surface area contributed by atoms with Gasteiger partial charge in [-0.3, -0.25) is 4.98 Å². The van der Waals surface area contributed by atoms with Crippen LogP contribution in [0.3, 0.4) is 0 Å². The predicted molar refractivity (Wildman–Crippen MR) is 64.3 cm³/mol. The van der Waals surface area contributed by atoms with E-state index in [9.17, 15) is 0 Å². The lowest BCUT2D eigenvalue weighted by Gasteiger charge is -2.05. The van der Waals surface area contributed by atoms with Gasteiger partial charge in [-0.15, -0.1) is 0 Å². The Morgan fingerprint density at radius 3 is 2.56 bits per heavy atom. The first kappa shape index (κ1) is 10.5. The van der Waals surface area contributed by atoms with E-state index in [1.165, 1.54) is 0 Å². The van der Waals surface area contributed by atoms with E-state index < -0.39 is 0 Å². The molecule has 4 heteroatoms. The lowest BCUT2D eigenvalue weighted by molar-refractivity contribution is 1.09. The molecule has 0 atom stereocenters. The van der Waals surface area contributed by atoms with Crippen molar-refractivity contribution in [2.75, 3.05) is 12.4 Å². The fourth-order valence-electron chi connectivity index (χ4n) is 1.52.